The van der Waals surface area contributed by atoms with E-state index in [0.29, 0.717) is 29.0 Å². The zero-order valence-electron chi connectivity index (χ0n) is 17.8. The van der Waals surface area contributed by atoms with Crippen LogP contribution in [-0.4, -0.2) is 24.4 Å². The summed E-state index contributed by atoms with van der Waals surface area (Å²) in [6.45, 7) is 2.04. The Bertz CT molecular complexity index is 1420. The number of pyridine rings is 1. The van der Waals surface area contributed by atoms with Crippen molar-refractivity contribution in [2.24, 2.45) is 0 Å². The van der Waals surface area contributed by atoms with Crippen LogP contribution in [0.5, 0.6) is 0 Å². The summed E-state index contributed by atoms with van der Waals surface area (Å²) in [7, 11) is -2.14. The Morgan fingerprint density at radius 2 is 1.88 bits per heavy atom. The molecule has 0 aliphatic carbocycles. The first-order valence-electron chi connectivity index (χ1n) is 10.0. The van der Waals surface area contributed by atoms with Crippen LogP contribution in [-0.2, 0) is 22.7 Å². The molecule has 2 aromatic heterocycles. The number of aromatic nitrogens is 2. The first-order chi connectivity index (χ1) is 15.6. The number of halogens is 3. The lowest BCUT2D eigenvalue weighted by atomic mass is 10.1. The van der Waals surface area contributed by atoms with E-state index in [-0.39, 0.29) is 4.90 Å². The van der Waals surface area contributed by atoms with Gasteiger partial charge in [0.25, 0.3) is 10.0 Å². The lowest BCUT2D eigenvalue weighted by Crippen LogP contribution is -2.12. The molecule has 33 heavy (non-hydrogen) atoms. The van der Waals surface area contributed by atoms with Gasteiger partial charge < -0.3 is 10.6 Å². The van der Waals surface area contributed by atoms with Crippen LogP contribution in [0.15, 0.2) is 72.0 Å². The zero-order valence-corrected chi connectivity index (χ0v) is 18.6. The molecule has 0 saturated carbocycles. The number of anilines is 2. The van der Waals surface area contributed by atoms with Gasteiger partial charge in [0.2, 0.25) is 0 Å². The van der Waals surface area contributed by atoms with Crippen molar-refractivity contribution in [3.8, 4) is 0 Å². The third kappa shape index (κ3) is 4.44. The molecule has 0 saturated heterocycles. The molecule has 0 atom stereocenters. The minimum absolute atomic E-state index is 0.0508. The van der Waals surface area contributed by atoms with Gasteiger partial charge in [-0.25, -0.2) is 12.4 Å². The molecule has 0 amide bonds. The van der Waals surface area contributed by atoms with Crippen LogP contribution in [0.25, 0.3) is 10.9 Å². The van der Waals surface area contributed by atoms with E-state index in [1.165, 1.54) is 28.5 Å². The summed E-state index contributed by atoms with van der Waals surface area (Å²) in [5.74, 6) is 0. The van der Waals surface area contributed by atoms with Crippen molar-refractivity contribution in [2.45, 2.75) is 24.5 Å². The summed E-state index contributed by atoms with van der Waals surface area (Å²) in [5, 5.41) is 6.87. The standard InChI is InChI=1S/C23H21F3N4O2S/c1-15-10-17(23(24,25)26)5-8-21(15)29-18-6-7-20-16(12-27-2)14-30(22(20)11-18)33(31,32)19-4-3-9-28-13-19/h3-11,13-14,27,29H,12H2,1-2H3. The monoisotopic (exact) mass is 474 g/mol. The quantitative estimate of drug-likeness (QED) is 0.408. The Kier molecular flexibility index (Phi) is 5.89. The van der Waals surface area contributed by atoms with Crippen LogP contribution >= 0.6 is 0 Å². The van der Waals surface area contributed by atoms with E-state index in [1.54, 1.807) is 44.4 Å². The average molecular weight is 475 g/mol. The van der Waals surface area contributed by atoms with Crippen LogP contribution in [0.2, 0.25) is 0 Å². The van der Waals surface area contributed by atoms with Crippen molar-refractivity contribution in [3.63, 3.8) is 0 Å². The van der Waals surface area contributed by atoms with Crippen molar-refractivity contribution in [3.05, 3.63) is 83.8 Å². The molecule has 0 unspecified atom stereocenters. The second-order valence-electron chi connectivity index (χ2n) is 7.56. The molecule has 0 aliphatic heterocycles. The molecule has 172 valence electrons. The summed E-state index contributed by atoms with van der Waals surface area (Å²) in [4.78, 5) is 3.96. The second-order valence-corrected chi connectivity index (χ2v) is 9.37. The van der Waals surface area contributed by atoms with E-state index in [2.05, 4.69) is 15.6 Å². The molecule has 4 aromatic rings. The third-order valence-electron chi connectivity index (χ3n) is 5.25. The van der Waals surface area contributed by atoms with Crippen molar-refractivity contribution in [2.75, 3.05) is 12.4 Å². The molecule has 4 rings (SSSR count). The molecular weight excluding hydrogens is 453 g/mol. The van der Waals surface area contributed by atoms with Crippen molar-refractivity contribution >= 4 is 32.3 Å². The van der Waals surface area contributed by atoms with Gasteiger partial charge in [-0.15, -0.1) is 0 Å². The van der Waals surface area contributed by atoms with Gasteiger partial charge in [0.1, 0.15) is 4.90 Å². The predicted octanol–water partition coefficient (Wildman–Crippen LogP) is 5.06. The van der Waals surface area contributed by atoms with Gasteiger partial charge in [-0.2, -0.15) is 13.2 Å². The fourth-order valence-corrected chi connectivity index (χ4v) is 4.97. The van der Waals surface area contributed by atoms with Crippen molar-refractivity contribution in [1.29, 1.82) is 0 Å². The maximum atomic E-state index is 13.3. The summed E-state index contributed by atoms with van der Waals surface area (Å²) < 4.78 is 66.7. The smallest absolute Gasteiger partial charge is 0.355 e. The molecule has 0 aliphatic rings. The topological polar surface area (TPSA) is 76.0 Å². The van der Waals surface area contributed by atoms with Crippen LogP contribution in [0.3, 0.4) is 0 Å². The summed E-state index contributed by atoms with van der Waals surface area (Å²) in [6, 6.07) is 11.7. The van der Waals surface area contributed by atoms with Crippen LogP contribution < -0.4 is 10.6 Å². The molecular formula is C23H21F3N4O2S. The highest BCUT2D eigenvalue weighted by Gasteiger charge is 2.30. The van der Waals surface area contributed by atoms with Crippen LogP contribution in [0.1, 0.15) is 16.7 Å². The Morgan fingerprint density at radius 3 is 2.52 bits per heavy atom. The van der Waals surface area contributed by atoms with Gasteiger partial charge in [-0.3, -0.25) is 4.98 Å². The van der Waals surface area contributed by atoms with Gasteiger partial charge >= 0.3 is 6.18 Å². The first-order valence-corrected chi connectivity index (χ1v) is 11.4. The number of nitrogens with one attached hydrogen (secondary N) is 2. The van der Waals surface area contributed by atoms with E-state index < -0.39 is 21.8 Å². The lowest BCUT2D eigenvalue weighted by Gasteiger charge is -2.14. The van der Waals surface area contributed by atoms with Gasteiger partial charge in [-0.05, 0) is 67.6 Å². The normalized spacial score (nSPS) is 12.3. The first kappa shape index (κ1) is 22.8. The number of aryl methyl sites for hydroxylation is 1. The van der Waals surface area contributed by atoms with Gasteiger partial charge in [-0.1, -0.05) is 6.07 Å². The summed E-state index contributed by atoms with van der Waals surface area (Å²) in [5.41, 5.74) is 1.96. The Hall–Kier alpha value is -3.37. The number of nitrogens with zero attached hydrogens (tertiary/aromatic N) is 2. The Balaban J connectivity index is 1.79. The number of hydrogen-bond acceptors (Lipinski definition) is 5. The van der Waals surface area contributed by atoms with E-state index >= 15 is 0 Å². The van der Waals surface area contributed by atoms with Crippen molar-refractivity contribution in [1.82, 2.24) is 14.3 Å². The van der Waals surface area contributed by atoms with Gasteiger partial charge in [0, 0.05) is 41.9 Å². The summed E-state index contributed by atoms with van der Waals surface area (Å²) in [6.07, 6.45) is -0.0791. The molecule has 2 aromatic carbocycles. The third-order valence-corrected chi connectivity index (χ3v) is 6.90. The SMILES string of the molecule is CNCc1cn(S(=O)(=O)c2cccnc2)c2cc(Nc3ccc(C(F)(F)F)cc3C)ccc12. The minimum atomic E-state index is -4.42. The number of hydrogen-bond donors (Lipinski definition) is 2. The number of rotatable bonds is 6. The Morgan fingerprint density at radius 1 is 1.09 bits per heavy atom. The van der Waals surface area contributed by atoms with E-state index in [0.717, 1.165) is 23.1 Å². The molecule has 2 N–H and O–H groups in total. The highest BCUT2D eigenvalue weighted by Crippen LogP contribution is 2.34. The largest absolute Gasteiger partial charge is 0.416 e. The molecule has 0 spiro atoms. The van der Waals surface area contributed by atoms with Crippen LogP contribution in [0.4, 0.5) is 24.5 Å². The summed E-state index contributed by atoms with van der Waals surface area (Å²) >= 11 is 0. The van der Waals surface area contributed by atoms with Gasteiger partial charge in [0.15, 0.2) is 0 Å². The molecule has 0 bridgehead atoms. The van der Waals surface area contributed by atoms with E-state index in [9.17, 15) is 21.6 Å². The highest BCUT2D eigenvalue weighted by atomic mass is 32.2. The van der Waals surface area contributed by atoms with E-state index in [4.69, 9.17) is 0 Å². The van der Waals surface area contributed by atoms with Crippen molar-refractivity contribution < 1.29 is 21.6 Å². The number of benzene rings is 2. The highest BCUT2D eigenvalue weighted by molar-refractivity contribution is 7.90. The second kappa shape index (κ2) is 8.53. The molecule has 10 heteroatoms. The fourth-order valence-electron chi connectivity index (χ4n) is 3.62. The maximum Gasteiger partial charge on any atom is 0.416 e. The predicted molar refractivity (Wildman–Crippen MR) is 121 cm³/mol. The Labute approximate surface area is 189 Å². The molecule has 2 heterocycles. The van der Waals surface area contributed by atoms with E-state index in [1.807, 2.05) is 0 Å². The average Bonchev–Trinajstić information content (AvgIpc) is 3.14. The zero-order chi connectivity index (χ0) is 23.8. The lowest BCUT2D eigenvalue weighted by molar-refractivity contribution is -0.137. The van der Waals surface area contributed by atoms with Crippen LogP contribution in [0, 0.1) is 6.92 Å². The number of fused-ring (bicyclic) bond motifs is 1. The molecule has 6 nitrogen and oxygen atoms in total. The fraction of sp³-hybridized carbons (Fsp3) is 0.174. The molecule has 0 radical (unpaired) electrons. The maximum absolute atomic E-state index is 13.3. The van der Waals surface area contributed by atoms with Gasteiger partial charge in [0.05, 0.1) is 11.1 Å². The number of alkyl halides is 3. The minimum Gasteiger partial charge on any atom is -0.355 e. The molecule has 0 fully saturated rings.